The molecular formula is C20H23N5OS. The van der Waals surface area contributed by atoms with E-state index in [-0.39, 0.29) is 17.2 Å². The Hall–Kier alpha value is -2.41. The first-order valence-corrected chi connectivity index (χ1v) is 10.1. The minimum atomic E-state index is -0.271. The minimum Gasteiger partial charge on any atom is -0.348 e. The van der Waals surface area contributed by atoms with Crippen LogP contribution in [0.1, 0.15) is 48.3 Å². The number of fused-ring (bicyclic) bond motifs is 2. The van der Waals surface area contributed by atoms with Crippen molar-refractivity contribution in [3.63, 3.8) is 0 Å². The Kier molecular flexibility index (Phi) is 4.86. The molecule has 2 atom stereocenters. The summed E-state index contributed by atoms with van der Waals surface area (Å²) >= 11 is 1.42. The van der Waals surface area contributed by atoms with E-state index in [4.69, 9.17) is 0 Å². The summed E-state index contributed by atoms with van der Waals surface area (Å²) in [6, 6.07) is 10.5. The van der Waals surface area contributed by atoms with Gasteiger partial charge in [0.1, 0.15) is 0 Å². The van der Waals surface area contributed by atoms with E-state index in [0.29, 0.717) is 10.9 Å². The number of hydrogen-bond donors (Lipinski definition) is 1. The van der Waals surface area contributed by atoms with Gasteiger partial charge in [-0.3, -0.25) is 9.20 Å². The number of nitrogens with zero attached hydrogens (tertiary/aromatic N) is 4. The van der Waals surface area contributed by atoms with Gasteiger partial charge in [0.25, 0.3) is 5.78 Å². The first-order valence-electron chi connectivity index (χ1n) is 9.27. The summed E-state index contributed by atoms with van der Waals surface area (Å²) in [7, 11) is 0. The Bertz CT molecular complexity index is 999. The van der Waals surface area contributed by atoms with Crippen LogP contribution in [0.15, 0.2) is 35.5 Å². The lowest BCUT2D eigenvalue weighted by Gasteiger charge is -2.27. The van der Waals surface area contributed by atoms with Gasteiger partial charge in [-0.05, 0) is 57.2 Å². The molecule has 1 aromatic carbocycles. The zero-order valence-electron chi connectivity index (χ0n) is 15.8. The van der Waals surface area contributed by atoms with E-state index in [1.807, 2.05) is 37.3 Å². The van der Waals surface area contributed by atoms with Crippen LogP contribution in [0.25, 0.3) is 5.78 Å². The fraction of sp³-hybridized carbons (Fsp3) is 0.400. The van der Waals surface area contributed by atoms with Crippen LogP contribution in [-0.2, 0) is 11.2 Å². The molecule has 2 aromatic heterocycles. The van der Waals surface area contributed by atoms with Gasteiger partial charge >= 0.3 is 0 Å². The molecule has 6 nitrogen and oxygen atoms in total. The Morgan fingerprint density at radius 1 is 1.30 bits per heavy atom. The SMILES string of the molecule is Cc1cc(C)n2c(SC(C)C(=O)NC3CCCc4ccccc43)nnc2n1. The zero-order valence-corrected chi connectivity index (χ0v) is 16.6. The summed E-state index contributed by atoms with van der Waals surface area (Å²) in [6.07, 6.45) is 3.17. The largest absolute Gasteiger partial charge is 0.348 e. The third kappa shape index (κ3) is 3.56. The average molecular weight is 382 g/mol. The van der Waals surface area contributed by atoms with Crippen molar-refractivity contribution in [2.45, 2.75) is 56.5 Å². The summed E-state index contributed by atoms with van der Waals surface area (Å²) in [5.41, 5.74) is 4.51. The molecular weight excluding hydrogens is 358 g/mol. The molecule has 1 aliphatic rings. The molecule has 0 fully saturated rings. The lowest BCUT2D eigenvalue weighted by molar-refractivity contribution is -0.121. The maximum absolute atomic E-state index is 12.8. The van der Waals surface area contributed by atoms with Gasteiger partial charge in [0.2, 0.25) is 5.91 Å². The molecule has 4 rings (SSSR count). The van der Waals surface area contributed by atoms with Gasteiger partial charge in [0.05, 0.1) is 11.3 Å². The number of nitrogens with one attached hydrogen (secondary N) is 1. The summed E-state index contributed by atoms with van der Waals surface area (Å²) in [5, 5.41) is 12.0. The standard InChI is InChI=1S/C20H23N5OS/c1-12-11-13(2)25-19(21-12)23-24-20(25)27-14(3)18(26)22-17-10-6-8-15-7-4-5-9-16(15)17/h4-5,7,9,11,14,17H,6,8,10H2,1-3H3,(H,22,26). The molecule has 0 aliphatic heterocycles. The molecule has 3 aromatic rings. The van der Waals surface area contributed by atoms with Crippen molar-refractivity contribution in [1.82, 2.24) is 24.9 Å². The molecule has 1 aliphatic carbocycles. The normalized spacial score (nSPS) is 17.5. The molecule has 7 heteroatoms. The van der Waals surface area contributed by atoms with Crippen LogP contribution in [0.2, 0.25) is 0 Å². The monoisotopic (exact) mass is 381 g/mol. The van der Waals surface area contributed by atoms with Gasteiger partial charge in [-0.25, -0.2) is 4.98 Å². The third-order valence-corrected chi connectivity index (χ3v) is 6.04. The number of carbonyl (C=O) groups excluding carboxylic acids is 1. The summed E-state index contributed by atoms with van der Waals surface area (Å²) in [6.45, 7) is 5.85. The highest BCUT2D eigenvalue weighted by Gasteiger charge is 2.25. The van der Waals surface area contributed by atoms with Crippen molar-refractivity contribution in [1.29, 1.82) is 0 Å². The Morgan fingerprint density at radius 2 is 2.11 bits per heavy atom. The van der Waals surface area contributed by atoms with Crippen molar-refractivity contribution < 1.29 is 4.79 Å². The highest BCUT2D eigenvalue weighted by molar-refractivity contribution is 8.00. The topological polar surface area (TPSA) is 72.2 Å². The van der Waals surface area contributed by atoms with Crippen molar-refractivity contribution in [3.8, 4) is 0 Å². The fourth-order valence-corrected chi connectivity index (χ4v) is 4.59. The van der Waals surface area contributed by atoms with Crippen LogP contribution in [0.4, 0.5) is 0 Å². The van der Waals surface area contributed by atoms with E-state index in [1.165, 1.54) is 22.9 Å². The summed E-state index contributed by atoms with van der Waals surface area (Å²) < 4.78 is 1.90. The van der Waals surface area contributed by atoms with Crippen LogP contribution in [0, 0.1) is 13.8 Å². The molecule has 27 heavy (non-hydrogen) atoms. The van der Waals surface area contributed by atoms with Crippen LogP contribution in [0.3, 0.4) is 0 Å². The first kappa shape index (κ1) is 18.0. The summed E-state index contributed by atoms with van der Waals surface area (Å²) in [4.78, 5) is 17.2. The van der Waals surface area contributed by atoms with E-state index >= 15 is 0 Å². The van der Waals surface area contributed by atoms with Crippen molar-refractivity contribution in [2.75, 3.05) is 0 Å². The maximum Gasteiger partial charge on any atom is 0.256 e. The number of benzene rings is 1. The predicted octanol–water partition coefficient (Wildman–Crippen LogP) is 3.42. The number of aryl methyl sites for hydroxylation is 3. The smallest absolute Gasteiger partial charge is 0.256 e. The molecule has 0 radical (unpaired) electrons. The van der Waals surface area contributed by atoms with Gasteiger partial charge in [-0.2, -0.15) is 0 Å². The molecule has 1 N–H and O–H groups in total. The number of hydrogen-bond acceptors (Lipinski definition) is 5. The molecule has 0 spiro atoms. The van der Waals surface area contributed by atoms with Crippen LogP contribution in [0.5, 0.6) is 0 Å². The number of carbonyl (C=O) groups is 1. The van der Waals surface area contributed by atoms with Crippen molar-refractivity contribution >= 4 is 23.4 Å². The molecule has 0 bridgehead atoms. The van der Waals surface area contributed by atoms with Crippen molar-refractivity contribution in [3.05, 3.63) is 52.8 Å². The molecule has 140 valence electrons. The molecule has 2 unspecified atom stereocenters. The van der Waals surface area contributed by atoms with E-state index in [0.717, 1.165) is 30.7 Å². The molecule has 1 amide bonds. The minimum absolute atomic E-state index is 0.0242. The molecule has 0 saturated heterocycles. The Morgan fingerprint density at radius 3 is 2.96 bits per heavy atom. The van der Waals surface area contributed by atoms with E-state index < -0.39 is 0 Å². The van der Waals surface area contributed by atoms with Crippen LogP contribution >= 0.6 is 11.8 Å². The van der Waals surface area contributed by atoms with Gasteiger partial charge in [0, 0.05) is 11.4 Å². The maximum atomic E-state index is 12.8. The summed E-state index contributed by atoms with van der Waals surface area (Å²) in [5.74, 6) is 0.597. The highest BCUT2D eigenvalue weighted by Crippen LogP contribution is 2.30. The Balaban J connectivity index is 1.50. The van der Waals surface area contributed by atoms with Crippen molar-refractivity contribution in [2.24, 2.45) is 0 Å². The second kappa shape index (κ2) is 7.31. The second-order valence-corrected chi connectivity index (χ2v) is 8.38. The second-order valence-electron chi connectivity index (χ2n) is 7.07. The number of rotatable bonds is 4. The lowest BCUT2D eigenvalue weighted by Crippen LogP contribution is -2.36. The average Bonchev–Trinajstić information content (AvgIpc) is 3.04. The van der Waals surface area contributed by atoms with E-state index in [1.54, 1.807) is 0 Å². The predicted molar refractivity (Wildman–Crippen MR) is 106 cm³/mol. The van der Waals surface area contributed by atoms with E-state index in [9.17, 15) is 4.79 Å². The van der Waals surface area contributed by atoms with Gasteiger partial charge < -0.3 is 5.32 Å². The highest BCUT2D eigenvalue weighted by atomic mass is 32.2. The first-order chi connectivity index (χ1) is 13.0. The molecule has 0 saturated carbocycles. The van der Waals surface area contributed by atoms with Gasteiger partial charge in [-0.1, -0.05) is 36.0 Å². The number of thioether (sulfide) groups is 1. The fourth-order valence-electron chi connectivity index (χ4n) is 3.68. The van der Waals surface area contributed by atoms with E-state index in [2.05, 4.69) is 38.7 Å². The number of amides is 1. The lowest BCUT2D eigenvalue weighted by atomic mass is 9.88. The molecule has 2 heterocycles. The number of aromatic nitrogens is 4. The Labute approximate surface area is 162 Å². The third-order valence-electron chi connectivity index (χ3n) is 5.00. The van der Waals surface area contributed by atoms with Crippen LogP contribution < -0.4 is 5.32 Å². The van der Waals surface area contributed by atoms with Gasteiger partial charge in [-0.15, -0.1) is 10.2 Å². The quantitative estimate of drug-likeness (QED) is 0.701. The van der Waals surface area contributed by atoms with Crippen LogP contribution in [-0.4, -0.2) is 30.7 Å². The van der Waals surface area contributed by atoms with Gasteiger partial charge in [0.15, 0.2) is 5.16 Å². The zero-order chi connectivity index (χ0) is 19.0.